The normalized spacial score (nSPS) is 10.8. The van der Waals surface area contributed by atoms with E-state index in [4.69, 9.17) is 4.74 Å². The fourth-order valence-electron chi connectivity index (χ4n) is 1.96. The van der Waals surface area contributed by atoms with Gasteiger partial charge in [0.15, 0.2) is 0 Å². The van der Waals surface area contributed by atoms with Gasteiger partial charge in [0.2, 0.25) is 0 Å². The van der Waals surface area contributed by atoms with Gasteiger partial charge in [-0.3, -0.25) is 0 Å². The van der Waals surface area contributed by atoms with Crippen LogP contribution in [0.5, 0.6) is 0 Å². The maximum absolute atomic E-state index is 9.36. The monoisotopic (exact) mass is 277 g/mol. The lowest BCUT2D eigenvalue weighted by Crippen LogP contribution is -2.50. The van der Waals surface area contributed by atoms with Crippen molar-refractivity contribution in [2.45, 2.75) is 34.1 Å². The molecule has 0 unspecified atom stereocenters. The van der Waals surface area contributed by atoms with Gasteiger partial charge < -0.3 is 23.9 Å². The van der Waals surface area contributed by atoms with E-state index in [1.54, 1.807) is 0 Å². The van der Waals surface area contributed by atoms with Gasteiger partial charge in [0.25, 0.3) is 0 Å². The summed E-state index contributed by atoms with van der Waals surface area (Å²) in [7, 11) is 1.30. The molecule has 0 atom stereocenters. The Morgan fingerprint density at radius 3 is 1.95 bits per heavy atom. The number of methoxy groups -OCH3 is 1. The number of carbonyl (C=O) groups excluding carboxylic acids is 1. The molecule has 0 saturated carbocycles. The second-order valence-corrected chi connectivity index (χ2v) is 4.42. The first kappa shape index (κ1) is 20.7. The molecule has 0 rings (SSSR count). The molecule has 19 heavy (non-hydrogen) atoms. The maximum Gasteiger partial charge on any atom is 0.102 e. The quantitative estimate of drug-likeness (QED) is 0.435. The fourth-order valence-corrected chi connectivity index (χ4v) is 1.96. The van der Waals surface area contributed by atoms with Crippen LogP contribution in [-0.2, 0) is 14.3 Å². The standard InChI is InChI=1S/C11H26NO.C3H6O3/c1-5-9-12(6-2,7-3)10-11-13-8-4;1-6-2-3(4)5/h5-11H2,1-4H3;2H2,1H3,(H,4,5)/q+1;/p-1. The van der Waals surface area contributed by atoms with Crippen LogP contribution in [0.25, 0.3) is 0 Å². The highest BCUT2D eigenvalue weighted by molar-refractivity contribution is 5.65. The molecule has 5 nitrogen and oxygen atoms in total. The lowest BCUT2D eigenvalue weighted by atomic mass is 10.3. The minimum absolute atomic E-state index is 0.319. The number of quaternary nitrogens is 1. The topological polar surface area (TPSA) is 58.6 Å². The summed E-state index contributed by atoms with van der Waals surface area (Å²) in [6, 6.07) is 0. The van der Waals surface area contributed by atoms with Crippen LogP contribution in [0.3, 0.4) is 0 Å². The Hall–Kier alpha value is -0.650. The van der Waals surface area contributed by atoms with Gasteiger partial charge in [0, 0.05) is 13.7 Å². The van der Waals surface area contributed by atoms with Gasteiger partial charge in [-0.2, -0.15) is 0 Å². The molecule has 0 fully saturated rings. The molecule has 0 aromatic carbocycles. The highest BCUT2D eigenvalue weighted by atomic mass is 16.5. The van der Waals surface area contributed by atoms with Crippen molar-refractivity contribution < 1.29 is 23.9 Å². The highest BCUT2D eigenvalue weighted by Gasteiger charge is 2.20. The predicted octanol–water partition coefficient (Wildman–Crippen LogP) is 0.672. The van der Waals surface area contributed by atoms with Gasteiger partial charge in [-0.25, -0.2) is 0 Å². The van der Waals surface area contributed by atoms with E-state index >= 15 is 0 Å². The number of likely N-dealkylation sites (N-methyl/N-ethyl adjacent to an activating group) is 1. The fraction of sp³-hybridized carbons (Fsp3) is 0.929. The second-order valence-electron chi connectivity index (χ2n) is 4.42. The predicted molar refractivity (Wildman–Crippen MR) is 74.7 cm³/mol. The molecule has 0 N–H and O–H groups in total. The molecular weight excluding hydrogens is 246 g/mol. The molecule has 0 amide bonds. The molecule has 0 aromatic heterocycles. The Morgan fingerprint density at radius 2 is 1.68 bits per heavy atom. The van der Waals surface area contributed by atoms with Crippen LogP contribution in [0.2, 0.25) is 0 Å². The molecule has 0 aromatic rings. The lowest BCUT2D eigenvalue weighted by molar-refractivity contribution is -0.925. The van der Waals surface area contributed by atoms with Crippen LogP contribution in [-0.4, -0.2) is 63.6 Å². The maximum atomic E-state index is 9.36. The first-order valence-corrected chi connectivity index (χ1v) is 7.13. The zero-order chi connectivity index (χ0) is 15.1. The Labute approximate surface area is 118 Å². The molecule has 0 aliphatic carbocycles. The number of carbonyl (C=O) groups is 1. The van der Waals surface area contributed by atoms with Gasteiger partial charge in [-0.15, -0.1) is 0 Å². The van der Waals surface area contributed by atoms with Crippen molar-refractivity contribution in [3.8, 4) is 0 Å². The minimum Gasteiger partial charge on any atom is -0.548 e. The van der Waals surface area contributed by atoms with Crippen LogP contribution in [0.15, 0.2) is 0 Å². The van der Waals surface area contributed by atoms with Gasteiger partial charge in [-0.05, 0) is 27.2 Å². The summed E-state index contributed by atoms with van der Waals surface area (Å²) < 4.78 is 10.8. The van der Waals surface area contributed by atoms with E-state index in [-0.39, 0.29) is 6.61 Å². The average molecular weight is 277 g/mol. The first-order valence-electron chi connectivity index (χ1n) is 7.13. The van der Waals surface area contributed by atoms with Crippen molar-refractivity contribution in [2.24, 2.45) is 0 Å². The van der Waals surface area contributed by atoms with Crippen LogP contribution < -0.4 is 5.11 Å². The molecule has 0 heterocycles. The minimum atomic E-state index is -1.18. The van der Waals surface area contributed by atoms with Crippen LogP contribution in [0, 0.1) is 0 Å². The van der Waals surface area contributed by atoms with Crippen molar-refractivity contribution in [1.29, 1.82) is 0 Å². The van der Waals surface area contributed by atoms with Crippen molar-refractivity contribution in [2.75, 3.05) is 53.1 Å². The van der Waals surface area contributed by atoms with E-state index < -0.39 is 5.97 Å². The van der Waals surface area contributed by atoms with Gasteiger partial charge in [-0.1, -0.05) is 6.92 Å². The van der Waals surface area contributed by atoms with E-state index in [2.05, 4.69) is 32.4 Å². The third kappa shape index (κ3) is 12.1. The van der Waals surface area contributed by atoms with Crippen LogP contribution in [0.1, 0.15) is 34.1 Å². The van der Waals surface area contributed by atoms with E-state index in [1.165, 1.54) is 44.2 Å². The molecule has 0 saturated heterocycles. The van der Waals surface area contributed by atoms with E-state index in [9.17, 15) is 9.90 Å². The van der Waals surface area contributed by atoms with E-state index in [0.717, 1.165) is 13.2 Å². The summed E-state index contributed by atoms with van der Waals surface area (Å²) in [6.45, 7) is 15.3. The Morgan fingerprint density at radius 1 is 1.11 bits per heavy atom. The lowest BCUT2D eigenvalue weighted by Gasteiger charge is -2.36. The van der Waals surface area contributed by atoms with E-state index in [1.807, 2.05) is 0 Å². The number of nitrogens with zero attached hydrogens (tertiary/aromatic N) is 1. The molecule has 0 aliphatic heterocycles. The van der Waals surface area contributed by atoms with Gasteiger partial charge in [0.1, 0.15) is 6.54 Å². The third-order valence-corrected chi connectivity index (χ3v) is 3.22. The number of hydrogen-bond donors (Lipinski definition) is 0. The van der Waals surface area contributed by atoms with Crippen LogP contribution >= 0.6 is 0 Å². The average Bonchev–Trinajstić information content (AvgIpc) is 2.38. The zero-order valence-corrected chi connectivity index (χ0v) is 13.2. The van der Waals surface area contributed by atoms with Crippen molar-refractivity contribution in [1.82, 2.24) is 0 Å². The van der Waals surface area contributed by atoms with Gasteiger partial charge in [0.05, 0.1) is 38.8 Å². The number of ether oxygens (including phenoxy) is 2. The van der Waals surface area contributed by atoms with Crippen molar-refractivity contribution in [3.05, 3.63) is 0 Å². The molecule has 0 aliphatic rings. The van der Waals surface area contributed by atoms with Crippen molar-refractivity contribution in [3.63, 3.8) is 0 Å². The number of aliphatic carboxylic acids is 1. The van der Waals surface area contributed by atoms with Crippen LogP contribution in [0.4, 0.5) is 0 Å². The molecule has 0 radical (unpaired) electrons. The largest absolute Gasteiger partial charge is 0.548 e. The molecule has 0 bridgehead atoms. The van der Waals surface area contributed by atoms with Crippen molar-refractivity contribution >= 4 is 5.97 Å². The zero-order valence-electron chi connectivity index (χ0n) is 13.2. The number of rotatable bonds is 10. The summed E-state index contributed by atoms with van der Waals surface area (Å²) in [5, 5.41) is 9.36. The molecule has 0 spiro atoms. The summed E-state index contributed by atoms with van der Waals surface area (Å²) in [5.41, 5.74) is 0. The SMILES string of the molecule is CCC[N+](CC)(CC)CCOCC.COCC(=O)[O-]. The number of carboxylic acids is 1. The Kier molecular flexibility index (Phi) is 15.0. The highest BCUT2D eigenvalue weighted by Crippen LogP contribution is 2.07. The Balaban J connectivity index is 0. The summed E-state index contributed by atoms with van der Waals surface area (Å²) in [6.07, 6.45) is 1.27. The Bertz CT molecular complexity index is 206. The smallest absolute Gasteiger partial charge is 0.102 e. The summed E-state index contributed by atoms with van der Waals surface area (Å²) >= 11 is 0. The van der Waals surface area contributed by atoms with E-state index in [0.29, 0.717) is 0 Å². The first-order chi connectivity index (χ1) is 9.01. The summed E-state index contributed by atoms with van der Waals surface area (Å²) in [4.78, 5) is 9.36. The molecule has 5 heteroatoms. The number of carboxylic acid groups (broad SMARTS) is 1. The summed E-state index contributed by atoms with van der Waals surface area (Å²) in [5.74, 6) is -1.18. The molecule has 116 valence electrons. The third-order valence-electron chi connectivity index (χ3n) is 3.22. The van der Waals surface area contributed by atoms with Gasteiger partial charge >= 0.3 is 0 Å². The molecular formula is C14H31NO4. The number of hydrogen-bond acceptors (Lipinski definition) is 4. The second kappa shape index (κ2) is 13.8.